The average Bonchev–Trinajstić information content (AvgIpc) is 3.43. The second-order valence-corrected chi connectivity index (χ2v) is 9.05. The first-order valence-electron chi connectivity index (χ1n) is 11.8. The van der Waals surface area contributed by atoms with Gasteiger partial charge in [-0.3, -0.25) is 4.79 Å². The van der Waals surface area contributed by atoms with Crippen LogP contribution in [0.2, 0.25) is 0 Å². The molecular formula is C24H30FN5O2. The number of para-hydroxylation sites is 1. The maximum absolute atomic E-state index is 14.4. The van der Waals surface area contributed by atoms with E-state index < -0.39 is 0 Å². The number of halogens is 1. The number of hydrogen-bond donors (Lipinski definition) is 1. The maximum atomic E-state index is 14.4. The fourth-order valence-corrected chi connectivity index (χ4v) is 5.21. The number of benzene rings is 1. The van der Waals surface area contributed by atoms with Gasteiger partial charge in [0.25, 0.3) is 5.91 Å². The lowest BCUT2D eigenvalue weighted by atomic mass is 9.96. The lowest BCUT2D eigenvalue weighted by Crippen LogP contribution is -2.54. The fraction of sp³-hybridized carbons (Fsp3) is 0.542. The topological polar surface area (TPSA) is 70.5 Å². The van der Waals surface area contributed by atoms with E-state index in [1.165, 1.54) is 25.3 Å². The van der Waals surface area contributed by atoms with Crippen molar-refractivity contribution < 1.29 is 14.0 Å². The van der Waals surface area contributed by atoms with Crippen molar-refractivity contribution in [3.05, 3.63) is 47.0 Å². The minimum absolute atomic E-state index is 0.0197. The second kappa shape index (κ2) is 8.92. The van der Waals surface area contributed by atoms with Crippen LogP contribution in [0.1, 0.15) is 60.3 Å². The lowest BCUT2D eigenvalue weighted by molar-refractivity contribution is 0.0655. The Morgan fingerprint density at radius 1 is 0.938 bits per heavy atom. The molecule has 1 aromatic heterocycles. The van der Waals surface area contributed by atoms with Gasteiger partial charge in [-0.1, -0.05) is 31.4 Å². The summed E-state index contributed by atoms with van der Waals surface area (Å²) in [6, 6.07) is 6.80. The summed E-state index contributed by atoms with van der Waals surface area (Å²) in [6.45, 7) is 2.00. The number of nitrogens with zero attached hydrogens (tertiary/aromatic N) is 4. The molecule has 3 aliphatic rings. The Kier molecular flexibility index (Phi) is 5.85. The van der Waals surface area contributed by atoms with E-state index in [1.54, 1.807) is 32.7 Å². The summed E-state index contributed by atoms with van der Waals surface area (Å²) in [5.41, 5.74) is 2.69. The predicted octanol–water partition coefficient (Wildman–Crippen LogP) is 3.30. The molecule has 2 fully saturated rings. The lowest BCUT2D eigenvalue weighted by Gasteiger charge is -2.35. The third kappa shape index (κ3) is 3.98. The highest BCUT2D eigenvalue weighted by Crippen LogP contribution is 2.29. The third-order valence-electron chi connectivity index (χ3n) is 7.00. The highest BCUT2D eigenvalue weighted by atomic mass is 19.1. The molecule has 1 saturated carbocycles. The summed E-state index contributed by atoms with van der Waals surface area (Å²) in [6.07, 6.45) is 8.24. The van der Waals surface area contributed by atoms with Crippen molar-refractivity contribution in [2.45, 2.75) is 57.4 Å². The van der Waals surface area contributed by atoms with Gasteiger partial charge in [-0.05, 0) is 44.2 Å². The molecule has 32 heavy (non-hydrogen) atoms. The standard InChI is InChI=1S/C24H30FN5O2/c25-19-10-4-5-11-21(19)30-20-12-6-9-18(20)22(27-30)23(31)28-13-15-29(16-14-28)24(32)26-17-7-2-1-3-8-17/h4-5,10-11,17H,1-3,6-9,12-16H2,(H,26,32). The minimum Gasteiger partial charge on any atom is -0.335 e. The molecule has 0 atom stereocenters. The first-order valence-corrected chi connectivity index (χ1v) is 11.8. The van der Waals surface area contributed by atoms with Crippen LogP contribution in [0, 0.1) is 5.82 Å². The Bertz CT molecular complexity index is 1010. The predicted molar refractivity (Wildman–Crippen MR) is 118 cm³/mol. The minimum atomic E-state index is -0.346. The van der Waals surface area contributed by atoms with Crippen molar-refractivity contribution in [1.82, 2.24) is 24.9 Å². The molecule has 1 saturated heterocycles. The Labute approximate surface area is 187 Å². The molecule has 2 aliphatic carbocycles. The SMILES string of the molecule is O=C(NC1CCCCC1)N1CCN(C(=O)c2nn(-c3ccccc3F)c3c2CCC3)CC1. The molecule has 2 aromatic rings. The van der Waals surface area contributed by atoms with Crippen LogP contribution in [-0.2, 0) is 12.8 Å². The van der Waals surface area contributed by atoms with Crippen molar-refractivity contribution in [3.8, 4) is 5.69 Å². The Hall–Kier alpha value is -2.90. The van der Waals surface area contributed by atoms with E-state index in [4.69, 9.17) is 0 Å². The molecule has 2 heterocycles. The molecule has 0 bridgehead atoms. The van der Waals surface area contributed by atoms with E-state index in [9.17, 15) is 14.0 Å². The van der Waals surface area contributed by atoms with Gasteiger partial charge in [0.1, 0.15) is 11.5 Å². The van der Waals surface area contributed by atoms with Crippen LogP contribution >= 0.6 is 0 Å². The van der Waals surface area contributed by atoms with Crippen LogP contribution < -0.4 is 5.32 Å². The van der Waals surface area contributed by atoms with E-state index in [2.05, 4.69) is 10.4 Å². The third-order valence-corrected chi connectivity index (χ3v) is 7.00. The van der Waals surface area contributed by atoms with Gasteiger partial charge in [0.05, 0.1) is 0 Å². The second-order valence-electron chi connectivity index (χ2n) is 9.05. The zero-order valence-electron chi connectivity index (χ0n) is 18.4. The van der Waals surface area contributed by atoms with Crippen LogP contribution in [0.15, 0.2) is 24.3 Å². The maximum Gasteiger partial charge on any atom is 0.317 e. The van der Waals surface area contributed by atoms with Crippen LogP contribution in [-0.4, -0.2) is 63.7 Å². The monoisotopic (exact) mass is 439 g/mol. The van der Waals surface area contributed by atoms with Crippen LogP contribution in [0.25, 0.3) is 5.69 Å². The Balaban J connectivity index is 1.26. The largest absolute Gasteiger partial charge is 0.335 e. The van der Waals surface area contributed by atoms with Crippen molar-refractivity contribution >= 4 is 11.9 Å². The van der Waals surface area contributed by atoms with Gasteiger partial charge < -0.3 is 15.1 Å². The molecule has 5 rings (SSSR count). The Morgan fingerprint density at radius 2 is 1.66 bits per heavy atom. The van der Waals surface area contributed by atoms with E-state index >= 15 is 0 Å². The zero-order chi connectivity index (χ0) is 22.1. The highest BCUT2D eigenvalue weighted by Gasteiger charge is 2.32. The van der Waals surface area contributed by atoms with Gasteiger partial charge in [-0.15, -0.1) is 0 Å². The van der Waals surface area contributed by atoms with E-state index in [0.717, 1.165) is 43.4 Å². The molecule has 7 nitrogen and oxygen atoms in total. The summed E-state index contributed by atoms with van der Waals surface area (Å²) < 4.78 is 16.0. The summed E-state index contributed by atoms with van der Waals surface area (Å²) >= 11 is 0. The van der Waals surface area contributed by atoms with E-state index in [-0.39, 0.29) is 23.8 Å². The van der Waals surface area contributed by atoms with Crippen molar-refractivity contribution in [2.75, 3.05) is 26.2 Å². The van der Waals surface area contributed by atoms with Crippen LogP contribution in [0.4, 0.5) is 9.18 Å². The molecule has 1 aromatic carbocycles. The molecular weight excluding hydrogens is 409 g/mol. The first-order chi connectivity index (χ1) is 15.6. The Morgan fingerprint density at radius 3 is 2.41 bits per heavy atom. The summed E-state index contributed by atoms with van der Waals surface area (Å²) in [4.78, 5) is 29.5. The van der Waals surface area contributed by atoms with Gasteiger partial charge >= 0.3 is 6.03 Å². The van der Waals surface area contributed by atoms with E-state index in [0.29, 0.717) is 37.6 Å². The molecule has 8 heteroatoms. The molecule has 1 N–H and O–H groups in total. The molecule has 0 spiro atoms. The number of nitrogens with one attached hydrogen (secondary N) is 1. The zero-order valence-corrected chi connectivity index (χ0v) is 18.4. The highest BCUT2D eigenvalue weighted by molar-refractivity contribution is 5.94. The van der Waals surface area contributed by atoms with Crippen LogP contribution in [0.3, 0.4) is 0 Å². The molecule has 1 aliphatic heterocycles. The van der Waals surface area contributed by atoms with Gasteiger partial charge in [0.15, 0.2) is 5.69 Å². The normalized spacial score (nSPS) is 19.2. The van der Waals surface area contributed by atoms with Gasteiger partial charge in [-0.25, -0.2) is 13.9 Å². The quantitative estimate of drug-likeness (QED) is 0.798. The molecule has 170 valence electrons. The number of urea groups is 1. The number of fused-ring (bicyclic) bond motifs is 1. The summed E-state index contributed by atoms with van der Waals surface area (Å²) in [7, 11) is 0. The van der Waals surface area contributed by atoms with E-state index in [1.807, 2.05) is 0 Å². The average molecular weight is 440 g/mol. The van der Waals surface area contributed by atoms with Crippen molar-refractivity contribution in [3.63, 3.8) is 0 Å². The number of aromatic nitrogens is 2. The van der Waals surface area contributed by atoms with Gasteiger partial charge in [-0.2, -0.15) is 5.10 Å². The first kappa shape index (κ1) is 21.0. The number of hydrogen-bond acceptors (Lipinski definition) is 3. The van der Waals surface area contributed by atoms with Crippen molar-refractivity contribution in [1.29, 1.82) is 0 Å². The smallest absolute Gasteiger partial charge is 0.317 e. The fourth-order valence-electron chi connectivity index (χ4n) is 5.21. The van der Waals surface area contributed by atoms with Crippen molar-refractivity contribution in [2.24, 2.45) is 0 Å². The molecule has 0 radical (unpaired) electrons. The molecule has 0 unspecified atom stereocenters. The summed E-state index contributed by atoms with van der Waals surface area (Å²) in [5.74, 6) is -0.466. The number of carbonyl (C=O) groups excluding carboxylic acids is 2. The number of amides is 3. The number of rotatable bonds is 3. The van der Waals surface area contributed by atoms with Gasteiger partial charge in [0.2, 0.25) is 0 Å². The summed E-state index contributed by atoms with van der Waals surface area (Å²) in [5, 5.41) is 7.72. The molecule has 3 amide bonds. The number of carbonyl (C=O) groups is 2. The van der Waals surface area contributed by atoms with Gasteiger partial charge in [0, 0.05) is 43.5 Å². The number of piperazine rings is 1. The van der Waals surface area contributed by atoms with Crippen LogP contribution in [0.5, 0.6) is 0 Å².